The van der Waals surface area contributed by atoms with Gasteiger partial charge in [0.05, 0.1) is 0 Å². The van der Waals surface area contributed by atoms with E-state index >= 15 is 0 Å². The molecule has 0 nitrogen and oxygen atoms in total. The molecule has 0 spiro atoms. The summed E-state index contributed by atoms with van der Waals surface area (Å²) in [5, 5.41) is 2.70. The van der Waals surface area contributed by atoms with Crippen LogP contribution in [0.1, 0.15) is 63.1 Å². The Bertz CT molecular complexity index is 1130. The van der Waals surface area contributed by atoms with Crippen LogP contribution in [0.15, 0.2) is 72.8 Å². The van der Waals surface area contributed by atoms with Crippen molar-refractivity contribution in [1.29, 1.82) is 0 Å². The zero-order valence-corrected chi connectivity index (χ0v) is 23.5. The minimum absolute atomic E-state index is 0.524. The summed E-state index contributed by atoms with van der Waals surface area (Å²) in [4.78, 5) is 0. The molecule has 166 valence electrons. The van der Waals surface area contributed by atoms with Crippen molar-refractivity contribution in [2.45, 2.75) is 52.9 Å². The fraction of sp³-hybridized carbons (Fsp3) is 0.276. The van der Waals surface area contributed by atoms with E-state index in [1.807, 2.05) is 0 Å². The number of hydrogen-bond acceptors (Lipinski definition) is 0. The Morgan fingerprint density at radius 2 is 1.38 bits per heavy atom. The maximum absolute atomic E-state index is 4.93. The van der Waals surface area contributed by atoms with E-state index in [2.05, 4.69) is 107 Å². The summed E-state index contributed by atoms with van der Waals surface area (Å²) in [7, 11) is 9.87. The molecular formula is C29H31Cl2Zr-. The first-order valence-corrected chi connectivity index (χ1v) is 17.6. The van der Waals surface area contributed by atoms with Crippen LogP contribution in [0.2, 0.25) is 0 Å². The molecule has 3 heteroatoms. The predicted octanol–water partition coefficient (Wildman–Crippen LogP) is 10.1. The van der Waals surface area contributed by atoms with Gasteiger partial charge in [0.2, 0.25) is 0 Å². The third-order valence-corrected chi connectivity index (χ3v) is 6.06. The summed E-state index contributed by atoms with van der Waals surface area (Å²) in [5.74, 6) is 1.05. The van der Waals surface area contributed by atoms with Gasteiger partial charge in [0.25, 0.3) is 0 Å². The fourth-order valence-electron chi connectivity index (χ4n) is 4.25. The molecule has 0 saturated heterocycles. The zero-order chi connectivity index (χ0) is 23.3. The Morgan fingerprint density at radius 3 is 1.91 bits per heavy atom. The average molecular weight is 542 g/mol. The van der Waals surface area contributed by atoms with Crippen molar-refractivity contribution in [3.8, 4) is 22.3 Å². The van der Waals surface area contributed by atoms with Gasteiger partial charge in [-0.05, 0) is 40.5 Å². The van der Waals surface area contributed by atoms with Crippen LogP contribution in [0.3, 0.4) is 0 Å². The Balaban J connectivity index is 0.000000913. The topological polar surface area (TPSA) is 0 Å². The molecule has 4 rings (SSSR count). The second-order valence-electron chi connectivity index (χ2n) is 8.84. The van der Waals surface area contributed by atoms with Crippen LogP contribution in [0.4, 0.5) is 0 Å². The van der Waals surface area contributed by atoms with Crippen molar-refractivity contribution in [2.75, 3.05) is 0 Å². The van der Waals surface area contributed by atoms with Crippen molar-refractivity contribution in [3.05, 3.63) is 89.5 Å². The second kappa shape index (κ2) is 11.7. The van der Waals surface area contributed by atoms with E-state index in [4.69, 9.17) is 17.0 Å². The molecule has 0 amide bonds. The number of hydrogen-bond donors (Lipinski definition) is 0. The molecule has 4 aromatic rings. The van der Waals surface area contributed by atoms with Gasteiger partial charge in [0, 0.05) is 0 Å². The standard InChI is InChI=1S/C29H31.2ClH.Zr/c1-6-21-12-13-23-14-26(22-10-8-7-9-11-22)18-28(23)29(21)27-16-24(19(2)3)15-25(17-27)20(4)5;;;/h7-20H,6H2,1-5H3;2*1H;/q-1;;;+2/p-2. The van der Waals surface area contributed by atoms with Crippen LogP contribution in [0.5, 0.6) is 0 Å². The Hall–Kier alpha value is -1.27. The van der Waals surface area contributed by atoms with E-state index < -0.39 is 20.8 Å². The molecule has 0 aromatic heterocycles. The normalized spacial score (nSPS) is 11.0. The van der Waals surface area contributed by atoms with Gasteiger partial charge >= 0.3 is 37.9 Å². The first-order valence-electron chi connectivity index (χ1n) is 11.3. The Labute approximate surface area is 212 Å². The molecule has 0 N–H and O–H groups in total. The van der Waals surface area contributed by atoms with E-state index in [0.717, 1.165) is 6.42 Å². The van der Waals surface area contributed by atoms with Gasteiger partial charge in [-0.15, -0.1) is 34.5 Å². The van der Waals surface area contributed by atoms with Gasteiger partial charge in [-0.1, -0.05) is 100 Å². The SMILES string of the molecule is CCc1ccc2[cH-]c(-c3ccccc3)cc2c1-c1cc(C(C)C)cc(C(C)C)c1.[Cl][Zr][Cl]. The van der Waals surface area contributed by atoms with Crippen LogP contribution in [0, 0.1) is 0 Å². The van der Waals surface area contributed by atoms with Crippen LogP contribution in [-0.4, -0.2) is 0 Å². The van der Waals surface area contributed by atoms with Gasteiger partial charge in [-0.25, -0.2) is 0 Å². The predicted molar refractivity (Wildman–Crippen MR) is 140 cm³/mol. The molecule has 0 bridgehead atoms. The number of aryl methyl sites for hydroxylation is 1. The fourth-order valence-corrected chi connectivity index (χ4v) is 4.25. The number of rotatable bonds is 5. The molecule has 0 fully saturated rings. The van der Waals surface area contributed by atoms with Gasteiger partial charge < -0.3 is 0 Å². The number of fused-ring (bicyclic) bond motifs is 1. The van der Waals surface area contributed by atoms with E-state index in [0.29, 0.717) is 11.8 Å². The molecule has 0 saturated carbocycles. The molecule has 0 heterocycles. The zero-order valence-electron chi connectivity index (χ0n) is 19.5. The van der Waals surface area contributed by atoms with Crippen molar-refractivity contribution in [1.82, 2.24) is 0 Å². The van der Waals surface area contributed by atoms with Crippen LogP contribution in [-0.2, 0) is 27.3 Å². The molecule has 0 aliphatic rings. The van der Waals surface area contributed by atoms with E-state index in [-0.39, 0.29) is 0 Å². The van der Waals surface area contributed by atoms with Crippen LogP contribution < -0.4 is 0 Å². The Kier molecular flexibility index (Phi) is 9.30. The van der Waals surface area contributed by atoms with Crippen molar-refractivity contribution in [3.63, 3.8) is 0 Å². The third-order valence-electron chi connectivity index (χ3n) is 6.06. The van der Waals surface area contributed by atoms with E-state index in [1.54, 1.807) is 0 Å². The summed E-state index contributed by atoms with van der Waals surface area (Å²) in [6.45, 7) is 11.4. The molecule has 0 aliphatic carbocycles. The third kappa shape index (κ3) is 5.80. The molecule has 0 atom stereocenters. The molecule has 32 heavy (non-hydrogen) atoms. The van der Waals surface area contributed by atoms with Crippen molar-refractivity contribution < 1.29 is 20.8 Å². The summed E-state index contributed by atoms with van der Waals surface area (Å²) in [5.41, 5.74) is 9.66. The first kappa shape index (κ1) is 25.4. The molecule has 0 unspecified atom stereocenters. The summed E-state index contributed by atoms with van der Waals surface area (Å²) < 4.78 is 0. The quantitative estimate of drug-likeness (QED) is 0.221. The monoisotopic (exact) mass is 539 g/mol. The molecule has 0 aliphatic heterocycles. The minimum atomic E-state index is -0.826. The second-order valence-corrected chi connectivity index (χ2v) is 12.6. The summed E-state index contributed by atoms with van der Waals surface area (Å²) in [6, 6.07) is 27.3. The molecular weight excluding hydrogens is 510 g/mol. The number of benzene rings is 3. The van der Waals surface area contributed by atoms with Crippen LogP contribution in [0.25, 0.3) is 33.0 Å². The van der Waals surface area contributed by atoms with E-state index in [1.165, 1.54) is 49.7 Å². The molecule has 4 aromatic carbocycles. The van der Waals surface area contributed by atoms with Gasteiger partial charge in [-0.2, -0.15) is 0 Å². The first-order chi connectivity index (χ1) is 15.4. The molecule has 0 radical (unpaired) electrons. The van der Waals surface area contributed by atoms with Gasteiger partial charge in [-0.3, -0.25) is 0 Å². The number of halogens is 2. The maximum atomic E-state index is 4.93. The van der Waals surface area contributed by atoms with Crippen LogP contribution >= 0.6 is 17.0 Å². The van der Waals surface area contributed by atoms with Crippen molar-refractivity contribution >= 4 is 27.8 Å². The average Bonchev–Trinajstić information content (AvgIpc) is 3.23. The van der Waals surface area contributed by atoms with Gasteiger partial charge in [0.15, 0.2) is 0 Å². The summed E-state index contributed by atoms with van der Waals surface area (Å²) >= 11 is -0.826. The summed E-state index contributed by atoms with van der Waals surface area (Å²) in [6.07, 6.45) is 1.04. The van der Waals surface area contributed by atoms with E-state index in [9.17, 15) is 0 Å². The van der Waals surface area contributed by atoms with Crippen molar-refractivity contribution in [2.24, 2.45) is 0 Å². The van der Waals surface area contributed by atoms with Gasteiger partial charge in [0.1, 0.15) is 0 Å². The Morgan fingerprint density at radius 1 is 0.781 bits per heavy atom.